The van der Waals surface area contributed by atoms with E-state index in [9.17, 15) is 0 Å². The van der Waals surface area contributed by atoms with E-state index in [0.29, 0.717) is 7.25 Å². The average Bonchev–Trinajstić information content (AvgIpc) is 3.34. The standard InChI is InChI=1S/C10H7N4.C9H7.2ClH.Zr/c1-2-4-9-6-10(5-8(9)3-1)14-12-7-11-13-14;1-2-5-9-7-3-6-8(9)4-1;;;/h1-7H;1-7H;2*1H;/q;;;;+2/p-2. The van der Waals surface area contributed by atoms with Crippen LogP contribution in [0.1, 0.15) is 29.5 Å². The van der Waals surface area contributed by atoms with Crippen LogP contribution in [0.15, 0.2) is 60.9 Å². The quantitative estimate of drug-likeness (QED) is 0.437. The number of allylic oxidation sites excluding steroid dienone is 2. The van der Waals surface area contributed by atoms with Crippen molar-refractivity contribution in [2.24, 2.45) is 0 Å². The van der Waals surface area contributed by atoms with Crippen molar-refractivity contribution in [3.05, 3.63) is 83.2 Å². The van der Waals surface area contributed by atoms with E-state index in [1.54, 1.807) is 4.80 Å². The van der Waals surface area contributed by atoms with Gasteiger partial charge in [-0.1, -0.05) is 0 Å². The molecule has 2 atom stereocenters. The van der Waals surface area contributed by atoms with Crippen LogP contribution in [0.2, 0.25) is 0 Å². The fraction of sp³-hybridized carbons (Fsp3) is 0.105. The Balaban J connectivity index is 0.000000980. The molecule has 2 aromatic carbocycles. The molecule has 2 aliphatic rings. The fourth-order valence-electron chi connectivity index (χ4n) is 3.52. The minimum Gasteiger partial charge on any atom is -1.00 e. The van der Waals surface area contributed by atoms with E-state index in [-0.39, 0.29) is 24.8 Å². The van der Waals surface area contributed by atoms with Gasteiger partial charge in [0.25, 0.3) is 0 Å². The number of nitrogens with zero attached hydrogens (tertiary/aromatic N) is 4. The van der Waals surface area contributed by atoms with Crippen LogP contribution in [0, 0.1) is 0 Å². The van der Waals surface area contributed by atoms with Crippen LogP contribution in [0.5, 0.6) is 0 Å². The monoisotopic (exact) mass is 458 g/mol. The zero-order valence-corrected chi connectivity index (χ0v) is 17.6. The van der Waals surface area contributed by atoms with E-state index in [0.717, 1.165) is 0 Å². The first-order chi connectivity index (χ1) is 11.9. The minimum atomic E-state index is -0.847. The Hall–Kier alpha value is -1.55. The van der Waals surface area contributed by atoms with Crippen molar-refractivity contribution < 1.29 is 48.0 Å². The van der Waals surface area contributed by atoms with Crippen LogP contribution in [-0.4, -0.2) is 20.2 Å². The van der Waals surface area contributed by atoms with Gasteiger partial charge in [-0.15, -0.1) is 0 Å². The number of hydrogen-bond acceptors (Lipinski definition) is 3. The van der Waals surface area contributed by atoms with Gasteiger partial charge in [-0.25, -0.2) is 0 Å². The molecule has 128 valence electrons. The molecule has 26 heavy (non-hydrogen) atoms. The summed E-state index contributed by atoms with van der Waals surface area (Å²) in [6.45, 7) is 0. The Kier molecular flexibility index (Phi) is 5.91. The molecule has 2 unspecified atom stereocenters. The van der Waals surface area contributed by atoms with Gasteiger partial charge in [0.2, 0.25) is 0 Å². The molecule has 1 heterocycles. The second kappa shape index (κ2) is 8.00. The number of fused-ring (bicyclic) bond motifs is 2. The molecule has 0 bridgehead atoms. The molecule has 0 spiro atoms. The van der Waals surface area contributed by atoms with E-state index < -0.39 is 23.2 Å². The van der Waals surface area contributed by atoms with Crippen LogP contribution in [-0.2, 0) is 23.2 Å². The van der Waals surface area contributed by atoms with Crippen molar-refractivity contribution in [3.8, 4) is 0 Å². The van der Waals surface area contributed by atoms with Crippen molar-refractivity contribution in [2.75, 3.05) is 0 Å². The van der Waals surface area contributed by atoms with Crippen LogP contribution in [0.25, 0.3) is 17.8 Å². The van der Waals surface area contributed by atoms with Gasteiger partial charge in [0, 0.05) is 0 Å². The molecule has 1 aromatic heterocycles. The molecule has 3 aromatic rings. The Morgan fingerprint density at radius 2 is 1.62 bits per heavy atom. The van der Waals surface area contributed by atoms with Gasteiger partial charge in [0.05, 0.1) is 0 Å². The van der Waals surface area contributed by atoms with Crippen LogP contribution in [0.4, 0.5) is 0 Å². The summed E-state index contributed by atoms with van der Waals surface area (Å²) in [5, 5.41) is 12.3. The zero-order valence-electron chi connectivity index (χ0n) is 13.6. The molecule has 0 radical (unpaired) electrons. The maximum Gasteiger partial charge on any atom is -1.00 e. The molecule has 7 heteroatoms. The minimum absolute atomic E-state index is 0. The average molecular weight is 460 g/mol. The number of aromatic nitrogens is 4. The summed E-state index contributed by atoms with van der Waals surface area (Å²) in [7, 11) is 0. The topological polar surface area (TPSA) is 43.6 Å². The van der Waals surface area contributed by atoms with Crippen molar-refractivity contribution in [1.82, 2.24) is 20.2 Å². The van der Waals surface area contributed by atoms with Gasteiger partial charge in [-0.05, 0) is 0 Å². The first-order valence-electron chi connectivity index (χ1n) is 7.97. The molecule has 0 amide bonds. The normalized spacial score (nSPS) is 18.8. The van der Waals surface area contributed by atoms with E-state index >= 15 is 0 Å². The SMILES string of the molecule is C1=C[CH]([Zr+2][CH]2C(n3ncnn3)=Cc3ccccc32)c2ccccc21.[Cl-].[Cl-]. The van der Waals surface area contributed by atoms with Gasteiger partial charge in [-0.2, -0.15) is 0 Å². The summed E-state index contributed by atoms with van der Waals surface area (Å²) in [6.07, 6.45) is 8.41. The van der Waals surface area contributed by atoms with Gasteiger partial charge in [0.15, 0.2) is 0 Å². The summed E-state index contributed by atoms with van der Waals surface area (Å²) < 4.78 is 1.03. The third-order valence-electron chi connectivity index (χ3n) is 4.63. The number of halogens is 2. The number of benzene rings is 2. The Labute approximate surface area is 175 Å². The fourth-order valence-corrected chi connectivity index (χ4v) is 7.99. The summed E-state index contributed by atoms with van der Waals surface area (Å²) in [5.41, 5.74) is 6.76. The largest absolute Gasteiger partial charge is 1.00 e. The summed E-state index contributed by atoms with van der Waals surface area (Å²) >= 11 is -0.847. The first kappa shape index (κ1) is 19.2. The molecular formula is C19H14Cl2N4Zr. The molecule has 0 N–H and O–H groups in total. The van der Waals surface area contributed by atoms with Crippen molar-refractivity contribution >= 4 is 17.8 Å². The van der Waals surface area contributed by atoms with E-state index in [4.69, 9.17) is 0 Å². The summed E-state index contributed by atoms with van der Waals surface area (Å²) in [6, 6.07) is 17.4. The van der Waals surface area contributed by atoms with Crippen molar-refractivity contribution in [3.63, 3.8) is 0 Å². The summed E-state index contributed by atoms with van der Waals surface area (Å²) in [4.78, 5) is 1.70. The molecular weight excluding hydrogens is 446 g/mol. The molecule has 2 aliphatic carbocycles. The van der Waals surface area contributed by atoms with E-state index in [1.807, 2.05) is 0 Å². The Morgan fingerprint density at radius 3 is 2.38 bits per heavy atom. The molecule has 5 rings (SSSR count). The van der Waals surface area contributed by atoms with Crippen molar-refractivity contribution in [2.45, 2.75) is 7.25 Å². The smallest absolute Gasteiger partial charge is 1.00 e. The van der Waals surface area contributed by atoms with E-state index in [2.05, 4.69) is 82.2 Å². The Morgan fingerprint density at radius 1 is 0.885 bits per heavy atom. The number of hydrogen-bond donors (Lipinski definition) is 0. The maximum absolute atomic E-state index is 4.29. The van der Waals surface area contributed by atoms with Gasteiger partial charge >= 0.3 is 152 Å². The number of tetrazole rings is 1. The van der Waals surface area contributed by atoms with Crippen molar-refractivity contribution in [1.29, 1.82) is 0 Å². The molecule has 0 saturated carbocycles. The number of rotatable bonds is 3. The maximum atomic E-state index is 4.29. The van der Waals surface area contributed by atoms with E-state index in [1.165, 1.54) is 34.3 Å². The zero-order chi connectivity index (χ0) is 15.9. The van der Waals surface area contributed by atoms with Gasteiger partial charge in [0.1, 0.15) is 0 Å². The third-order valence-corrected chi connectivity index (χ3v) is 9.06. The predicted molar refractivity (Wildman–Crippen MR) is 89.4 cm³/mol. The second-order valence-corrected chi connectivity index (χ2v) is 9.76. The molecule has 0 aliphatic heterocycles. The first-order valence-corrected chi connectivity index (χ1v) is 10.8. The van der Waals surface area contributed by atoms with Gasteiger partial charge < -0.3 is 24.8 Å². The van der Waals surface area contributed by atoms with Crippen LogP contribution in [0.3, 0.4) is 0 Å². The molecule has 0 fully saturated rings. The third kappa shape index (κ3) is 3.24. The molecule has 0 saturated heterocycles. The van der Waals surface area contributed by atoms with Crippen LogP contribution < -0.4 is 24.8 Å². The van der Waals surface area contributed by atoms with Crippen LogP contribution >= 0.6 is 0 Å². The second-order valence-electron chi connectivity index (χ2n) is 5.99. The summed E-state index contributed by atoms with van der Waals surface area (Å²) in [5.74, 6) is 0. The molecule has 4 nitrogen and oxygen atoms in total. The van der Waals surface area contributed by atoms with Gasteiger partial charge in [-0.3, -0.25) is 0 Å². The predicted octanol–water partition coefficient (Wildman–Crippen LogP) is -2.42. The Bertz CT molecular complexity index is 969.